The fourth-order valence-corrected chi connectivity index (χ4v) is 6.70. The molecular weight excluding hydrogens is 568 g/mol. The lowest BCUT2D eigenvalue weighted by atomic mass is 10.2. The molecule has 1 atom stereocenters. The first-order chi connectivity index (χ1) is 14.8. The third kappa shape index (κ3) is 4.30. The Morgan fingerprint density at radius 2 is 1.87 bits per heavy atom. The van der Waals surface area contributed by atoms with E-state index in [1.54, 1.807) is 25.1 Å². The zero-order valence-corrected chi connectivity index (χ0v) is 20.7. The first-order valence-corrected chi connectivity index (χ1v) is 12.2. The molecule has 1 aliphatic rings. The number of thioether (sulfide) groups is 1. The third-order valence-electron chi connectivity index (χ3n) is 4.53. The lowest BCUT2D eigenvalue weighted by Crippen LogP contribution is -2.37. The monoisotopic (exact) mass is 580 g/mol. The van der Waals surface area contributed by atoms with Gasteiger partial charge in [-0.3, -0.25) is 9.36 Å². The molecule has 158 valence electrons. The van der Waals surface area contributed by atoms with Crippen LogP contribution in [0.5, 0.6) is 5.75 Å². The molecule has 0 fully saturated rings. The van der Waals surface area contributed by atoms with Gasteiger partial charge in [0.25, 0.3) is 5.56 Å². The van der Waals surface area contributed by atoms with Crippen LogP contribution in [-0.4, -0.2) is 20.7 Å². The summed E-state index contributed by atoms with van der Waals surface area (Å²) in [7, 11) is 0. The van der Waals surface area contributed by atoms with Gasteiger partial charge in [0.2, 0.25) is 0 Å². The first kappa shape index (κ1) is 22.1. The molecule has 1 unspecified atom stereocenters. The van der Waals surface area contributed by atoms with Crippen molar-refractivity contribution < 1.29 is 15.0 Å². The van der Waals surface area contributed by atoms with Crippen LogP contribution in [0.15, 0.2) is 77.4 Å². The number of thiazole rings is 1. The van der Waals surface area contributed by atoms with Crippen molar-refractivity contribution in [1.29, 1.82) is 0 Å². The van der Waals surface area contributed by atoms with E-state index in [-0.39, 0.29) is 16.9 Å². The second-order valence-electron chi connectivity index (χ2n) is 6.60. The summed E-state index contributed by atoms with van der Waals surface area (Å²) in [6.07, 6.45) is 1.70. The van der Waals surface area contributed by atoms with Crippen LogP contribution in [0.1, 0.15) is 17.9 Å². The molecule has 6 nitrogen and oxygen atoms in total. The predicted octanol–water partition coefficient (Wildman–Crippen LogP) is 4.25. The zero-order valence-electron chi connectivity index (χ0n) is 15.9. The molecule has 2 N–H and O–H groups in total. The summed E-state index contributed by atoms with van der Waals surface area (Å²) in [4.78, 5) is 31.0. The first-order valence-electron chi connectivity index (χ1n) is 8.92. The molecule has 0 amide bonds. The second kappa shape index (κ2) is 8.78. The van der Waals surface area contributed by atoms with Gasteiger partial charge in [0.1, 0.15) is 11.1 Å². The number of nitrogens with zero attached hydrogens (tertiary/aromatic N) is 2. The van der Waals surface area contributed by atoms with Gasteiger partial charge in [-0.1, -0.05) is 41.3 Å². The average molecular weight is 582 g/mol. The fourth-order valence-electron chi connectivity index (χ4n) is 3.10. The molecule has 0 saturated carbocycles. The number of aromatic nitrogens is 1. The van der Waals surface area contributed by atoms with E-state index < -0.39 is 11.3 Å². The van der Waals surface area contributed by atoms with Crippen molar-refractivity contribution in [3.63, 3.8) is 0 Å². The number of allylic oxidation sites excluding steroid dienone is 1. The summed E-state index contributed by atoms with van der Waals surface area (Å²) < 4.78 is 2.83. The molecule has 1 aliphatic heterocycles. The number of hydrogen-bond donors (Lipinski definition) is 2. The van der Waals surface area contributed by atoms with Crippen LogP contribution in [0.2, 0.25) is 0 Å². The highest BCUT2D eigenvalue weighted by molar-refractivity contribution is 9.11. The summed E-state index contributed by atoms with van der Waals surface area (Å²) in [5.41, 5.74) is 0.846. The van der Waals surface area contributed by atoms with Gasteiger partial charge in [-0.2, -0.15) is 0 Å². The number of carbonyl (C=O) groups is 1. The van der Waals surface area contributed by atoms with Crippen molar-refractivity contribution in [2.75, 3.05) is 0 Å². The van der Waals surface area contributed by atoms with Crippen molar-refractivity contribution in [3.8, 4) is 5.75 Å². The number of carboxylic acids is 1. The highest BCUT2D eigenvalue weighted by atomic mass is 79.9. The van der Waals surface area contributed by atoms with E-state index in [0.29, 0.717) is 29.5 Å². The summed E-state index contributed by atoms with van der Waals surface area (Å²) in [5, 5.41) is 19.0. The van der Waals surface area contributed by atoms with E-state index >= 15 is 0 Å². The SMILES string of the molecule is CC1=C(C(=O)O)C(Sc2ccccc2)n2c(s/c(=C\c3cc(Br)c(O)c(Br)c3)c2=O)=N1. The maximum Gasteiger partial charge on any atom is 0.336 e. The van der Waals surface area contributed by atoms with Crippen LogP contribution in [0.4, 0.5) is 0 Å². The molecule has 0 aliphatic carbocycles. The number of carboxylic acid groups (broad SMARTS) is 1. The van der Waals surface area contributed by atoms with Gasteiger partial charge in [-0.15, -0.1) is 0 Å². The van der Waals surface area contributed by atoms with Crippen LogP contribution in [0, 0.1) is 0 Å². The largest absolute Gasteiger partial charge is 0.506 e. The number of aliphatic carboxylic acids is 1. The maximum absolute atomic E-state index is 13.3. The number of phenolic OH excluding ortho intramolecular Hbond substituents is 1. The summed E-state index contributed by atoms with van der Waals surface area (Å²) >= 11 is 9.08. The summed E-state index contributed by atoms with van der Waals surface area (Å²) in [6.45, 7) is 1.65. The second-order valence-corrected chi connectivity index (χ2v) is 10.5. The van der Waals surface area contributed by atoms with E-state index in [4.69, 9.17) is 0 Å². The minimum absolute atomic E-state index is 0.0691. The average Bonchev–Trinajstić information content (AvgIpc) is 3.01. The van der Waals surface area contributed by atoms with Crippen LogP contribution in [0.3, 0.4) is 0 Å². The van der Waals surface area contributed by atoms with Crippen molar-refractivity contribution in [3.05, 3.63) is 87.9 Å². The van der Waals surface area contributed by atoms with E-state index in [1.807, 2.05) is 30.3 Å². The molecule has 10 heteroatoms. The molecule has 0 spiro atoms. The lowest BCUT2D eigenvalue weighted by Gasteiger charge is -2.22. The van der Waals surface area contributed by atoms with Gasteiger partial charge < -0.3 is 10.2 Å². The number of hydrogen-bond acceptors (Lipinski definition) is 6. The Morgan fingerprint density at radius 3 is 2.48 bits per heavy atom. The molecule has 2 aromatic carbocycles. The standard InChI is InChI=1S/C21H14Br2N2O4S2/c1-10-16(20(28)29)19(30-12-5-3-2-4-6-12)25-18(27)15(31-21(25)24-10)9-11-7-13(22)17(26)14(23)8-11/h2-9,19,26H,1H3,(H,28,29)/b15-9-. The number of fused-ring (bicyclic) bond motifs is 1. The van der Waals surface area contributed by atoms with Crippen LogP contribution in [-0.2, 0) is 4.79 Å². The van der Waals surface area contributed by atoms with Gasteiger partial charge in [-0.25, -0.2) is 9.79 Å². The Labute approximate surface area is 201 Å². The van der Waals surface area contributed by atoms with Gasteiger partial charge in [0.15, 0.2) is 4.80 Å². The van der Waals surface area contributed by atoms with E-state index in [1.165, 1.54) is 27.7 Å². The van der Waals surface area contributed by atoms with Crippen molar-refractivity contribution in [2.24, 2.45) is 4.99 Å². The van der Waals surface area contributed by atoms with Gasteiger partial charge >= 0.3 is 5.97 Å². The van der Waals surface area contributed by atoms with Crippen LogP contribution >= 0.6 is 55.0 Å². The maximum atomic E-state index is 13.3. The number of phenols is 1. The van der Waals surface area contributed by atoms with Crippen molar-refractivity contribution >= 4 is 67.0 Å². The van der Waals surface area contributed by atoms with Gasteiger partial charge in [0.05, 0.1) is 24.7 Å². The molecule has 1 aromatic heterocycles. The topological polar surface area (TPSA) is 91.9 Å². The molecule has 31 heavy (non-hydrogen) atoms. The summed E-state index contributed by atoms with van der Waals surface area (Å²) in [6, 6.07) is 12.8. The van der Waals surface area contributed by atoms with Gasteiger partial charge in [-0.05, 0) is 74.7 Å². The normalized spacial score (nSPS) is 16.2. The number of aromatic hydroxyl groups is 1. The molecule has 3 aromatic rings. The smallest absolute Gasteiger partial charge is 0.336 e. The minimum atomic E-state index is -1.10. The van der Waals surface area contributed by atoms with Crippen LogP contribution in [0.25, 0.3) is 6.08 Å². The summed E-state index contributed by atoms with van der Waals surface area (Å²) in [5.74, 6) is -1.03. The van der Waals surface area contributed by atoms with E-state index in [0.717, 1.165) is 4.90 Å². The quantitative estimate of drug-likeness (QED) is 0.480. The number of rotatable bonds is 4. The fraction of sp³-hybridized carbons (Fsp3) is 0.0952. The van der Waals surface area contributed by atoms with Crippen LogP contribution < -0.4 is 14.9 Å². The van der Waals surface area contributed by atoms with E-state index in [2.05, 4.69) is 36.9 Å². The molecular formula is C21H14Br2N2O4S2. The Bertz CT molecular complexity index is 1390. The van der Waals surface area contributed by atoms with E-state index in [9.17, 15) is 19.8 Å². The Hall–Kier alpha value is -2.14. The van der Waals surface area contributed by atoms with Gasteiger partial charge in [0, 0.05) is 4.90 Å². The Morgan fingerprint density at radius 1 is 1.23 bits per heavy atom. The number of halogens is 2. The molecule has 0 radical (unpaired) electrons. The highest BCUT2D eigenvalue weighted by Gasteiger charge is 2.31. The predicted molar refractivity (Wildman–Crippen MR) is 128 cm³/mol. The Kier molecular flexibility index (Phi) is 6.25. The highest BCUT2D eigenvalue weighted by Crippen LogP contribution is 2.38. The zero-order chi connectivity index (χ0) is 22.3. The minimum Gasteiger partial charge on any atom is -0.506 e. The lowest BCUT2D eigenvalue weighted by molar-refractivity contribution is -0.133. The molecule has 0 bridgehead atoms. The molecule has 0 saturated heterocycles. The third-order valence-corrected chi connectivity index (χ3v) is 7.94. The Balaban J connectivity index is 1.90. The molecule has 2 heterocycles. The van der Waals surface area contributed by atoms with Crippen molar-refractivity contribution in [2.45, 2.75) is 17.2 Å². The number of benzene rings is 2. The molecule has 4 rings (SSSR count). The van der Waals surface area contributed by atoms with Crippen molar-refractivity contribution in [1.82, 2.24) is 4.57 Å².